The van der Waals surface area contributed by atoms with E-state index in [9.17, 15) is 0 Å². The van der Waals surface area contributed by atoms with Crippen LogP contribution in [-0.4, -0.2) is 24.6 Å². The molecule has 1 unspecified atom stereocenters. The SMILES string of the molecule is BrCCCCCCNC1CCCCN1. The fourth-order valence-corrected chi connectivity index (χ4v) is 2.27. The highest BCUT2D eigenvalue weighted by atomic mass is 79.9. The van der Waals surface area contributed by atoms with Crippen LogP contribution in [0.5, 0.6) is 0 Å². The highest BCUT2D eigenvalue weighted by Crippen LogP contribution is 2.05. The van der Waals surface area contributed by atoms with Gasteiger partial charge < -0.3 is 10.6 Å². The summed E-state index contributed by atoms with van der Waals surface area (Å²) in [4.78, 5) is 0. The van der Waals surface area contributed by atoms with Gasteiger partial charge in [-0.2, -0.15) is 0 Å². The van der Waals surface area contributed by atoms with Gasteiger partial charge in [-0.05, 0) is 45.2 Å². The fraction of sp³-hybridized carbons (Fsp3) is 1.00. The Morgan fingerprint density at radius 3 is 2.71 bits per heavy atom. The maximum atomic E-state index is 3.58. The summed E-state index contributed by atoms with van der Waals surface area (Å²) in [5.74, 6) is 0. The highest BCUT2D eigenvalue weighted by molar-refractivity contribution is 9.09. The van der Waals surface area contributed by atoms with E-state index in [0.29, 0.717) is 6.17 Å². The topological polar surface area (TPSA) is 24.1 Å². The molecule has 2 nitrogen and oxygen atoms in total. The zero-order valence-corrected chi connectivity index (χ0v) is 10.6. The van der Waals surface area contributed by atoms with Crippen LogP contribution in [0.25, 0.3) is 0 Å². The third kappa shape index (κ3) is 5.99. The Morgan fingerprint density at radius 2 is 2.00 bits per heavy atom. The number of hydrogen-bond acceptors (Lipinski definition) is 2. The van der Waals surface area contributed by atoms with Crippen LogP contribution in [-0.2, 0) is 0 Å². The van der Waals surface area contributed by atoms with Gasteiger partial charge in [0.05, 0.1) is 6.17 Å². The van der Waals surface area contributed by atoms with E-state index in [0.717, 1.165) is 5.33 Å². The highest BCUT2D eigenvalue weighted by Gasteiger charge is 2.10. The van der Waals surface area contributed by atoms with Crippen molar-refractivity contribution in [3.05, 3.63) is 0 Å². The molecular weight excluding hydrogens is 240 g/mol. The van der Waals surface area contributed by atoms with Crippen molar-refractivity contribution in [1.29, 1.82) is 0 Å². The number of piperidine rings is 1. The molecule has 1 rings (SSSR count). The first-order valence-corrected chi connectivity index (χ1v) is 7.08. The third-order valence-electron chi connectivity index (χ3n) is 2.76. The van der Waals surface area contributed by atoms with Gasteiger partial charge in [0.15, 0.2) is 0 Å². The van der Waals surface area contributed by atoms with Crippen molar-refractivity contribution >= 4 is 15.9 Å². The van der Waals surface area contributed by atoms with E-state index in [1.807, 2.05) is 0 Å². The minimum atomic E-state index is 0.597. The van der Waals surface area contributed by atoms with Crippen molar-refractivity contribution in [3.8, 4) is 0 Å². The normalized spacial score (nSPS) is 22.5. The van der Waals surface area contributed by atoms with E-state index in [2.05, 4.69) is 26.6 Å². The number of halogens is 1. The second-order valence-corrected chi connectivity index (χ2v) is 4.85. The number of hydrogen-bond donors (Lipinski definition) is 2. The van der Waals surface area contributed by atoms with E-state index in [1.54, 1.807) is 0 Å². The number of nitrogens with one attached hydrogen (secondary N) is 2. The summed E-state index contributed by atoms with van der Waals surface area (Å²) in [6.45, 7) is 2.38. The molecule has 3 heteroatoms. The van der Waals surface area contributed by atoms with Crippen LogP contribution in [0.4, 0.5) is 0 Å². The quantitative estimate of drug-likeness (QED) is 0.545. The smallest absolute Gasteiger partial charge is 0.0571 e. The minimum absolute atomic E-state index is 0.597. The molecule has 1 saturated heterocycles. The number of unbranched alkanes of at least 4 members (excludes halogenated alkanes) is 3. The van der Waals surface area contributed by atoms with Crippen molar-refractivity contribution in [1.82, 2.24) is 10.6 Å². The molecule has 1 atom stereocenters. The number of alkyl halides is 1. The van der Waals surface area contributed by atoms with Crippen LogP contribution in [0.15, 0.2) is 0 Å². The maximum Gasteiger partial charge on any atom is 0.0571 e. The molecule has 14 heavy (non-hydrogen) atoms. The van der Waals surface area contributed by atoms with Crippen molar-refractivity contribution in [2.45, 2.75) is 51.1 Å². The first-order valence-electron chi connectivity index (χ1n) is 5.96. The van der Waals surface area contributed by atoms with Gasteiger partial charge in [-0.3, -0.25) is 0 Å². The zero-order valence-electron chi connectivity index (χ0n) is 9.03. The van der Waals surface area contributed by atoms with E-state index < -0.39 is 0 Å². The lowest BCUT2D eigenvalue weighted by Gasteiger charge is -2.24. The second-order valence-electron chi connectivity index (χ2n) is 4.06. The molecule has 84 valence electrons. The molecule has 0 aromatic rings. The summed E-state index contributed by atoms with van der Waals surface area (Å²) in [6, 6.07) is 0. The fourth-order valence-electron chi connectivity index (χ4n) is 1.88. The molecule has 1 fully saturated rings. The van der Waals surface area contributed by atoms with Gasteiger partial charge >= 0.3 is 0 Å². The molecule has 0 aromatic carbocycles. The van der Waals surface area contributed by atoms with Crippen LogP contribution >= 0.6 is 15.9 Å². The molecule has 1 aliphatic rings. The maximum absolute atomic E-state index is 3.58. The average Bonchev–Trinajstić information content (AvgIpc) is 2.25. The van der Waals surface area contributed by atoms with Gasteiger partial charge in [0, 0.05) is 5.33 Å². The summed E-state index contributed by atoms with van der Waals surface area (Å²) >= 11 is 3.46. The Morgan fingerprint density at radius 1 is 1.14 bits per heavy atom. The summed E-state index contributed by atoms with van der Waals surface area (Å²) in [5.41, 5.74) is 0. The number of rotatable bonds is 7. The standard InChI is InChI=1S/C11H23BrN2/c12-8-4-1-2-5-9-13-11-7-3-6-10-14-11/h11,13-14H,1-10H2. The van der Waals surface area contributed by atoms with Gasteiger partial charge in [0.2, 0.25) is 0 Å². The van der Waals surface area contributed by atoms with E-state index in [4.69, 9.17) is 0 Å². The second kappa shape index (κ2) is 8.69. The van der Waals surface area contributed by atoms with E-state index in [1.165, 1.54) is 58.0 Å². The van der Waals surface area contributed by atoms with Gasteiger partial charge in [-0.1, -0.05) is 28.8 Å². The first kappa shape index (κ1) is 12.5. The van der Waals surface area contributed by atoms with Crippen LogP contribution in [0.2, 0.25) is 0 Å². The molecule has 0 bridgehead atoms. The Kier molecular flexibility index (Phi) is 7.74. The van der Waals surface area contributed by atoms with Crippen LogP contribution in [0.3, 0.4) is 0 Å². The zero-order chi connectivity index (χ0) is 10.1. The van der Waals surface area contributed by atoms with Crippen molar-refractivity contribution in [3.63, 3.8) is 0 Å². The van der Waals surface area contributed by atoms with Crippen molar-refractivity contribution in [2.24, 2.45) is 0 Å². The lowest BCUT2D eigenvalue weighted by molar-refractivity contribution is 0.341. The monoisotopic (exact) mass is 262 g/mol. The van der Waals surface area contributed by atoms with Crippen LogP contribution < -0.4 is 10.6 Å². The minimum Gasteiger partial charge on any atom is -0.302 e. The molecule has 1 heterocycles. The van der Waals surface area contributed by atoms with Gasteiger partial charge in [0.1, 0.15) is 0 Å². The van der Waals surface area contributed by atoms with Gasteiger partial charge in [-0.25, -0.2) is 0 Å². The Hall–Kier alpha value is 0.400. The average molecular weight is 263 g/mol. The van der Waals surface area contributed by atoms with E-state index in [-0.39, 0.29) is 0 Å². The largest absolute Gasteiger partial charge is 0.302 e. The molecule has 0 aromatic heterocycles. The first-order chi connectivity index (χ1) is 6.93. The Bertz CT molecular complexity index is 124. The molecule has 0 spiro atoms. The third-order valence-corrected chi connectivity index (χ3v) is 3.32. The molecule has 0 amide bonds. The van der Waals surface area contributed by atoms with E-state index >= 15 is 0 Å². The molecular formula is C11H23BrN2. The van der Waals surface area contributed by atoms with Crippen molar-refractivity contribution in [2.75, 3.05) is 18.4 Å². The van der Waals surface area contributed by atoms with Crippen LogP contribution in [0, 0.1) is 0 Å². The summed E-state index contributed by atoms with van der Waals surface area (Å²) in [7, 11) is 0. The van der Waals surface area contributed by atoms with Gasteiger partial charge in [-0.15, -0.1) is 0 Å². The molecule has 1 aliphatic heterocycles. The summed E-state index contributed by atoms with van der Waals surface area (Å²) in [6.07, 6.45) is 10.0. The molecule has 0 radical (unpaired) electrons. The lowest BCUT2D eigenvalue weighted by atomic mass is 10.1. The Labute approximate surface area is 96.4 Å². The summed E-state index contributed by atoms with van der Waals surface area (Å²) < 4.78 is 0. The predicted molar refractivity (Wildman–Crippen MR) is 65.9 cm³/mol. The van der Waals surface area contributed by atoms with Gasteiger partial charge in [0.25, 0.3) is 0 Å². The van der Waals surface area contributed by atoms with Crippen molar-refractivity contribution < 1.29 is 0 Å². The lowest BCUT2D eigenvalue weighted by Crippen LogP contribution is -2.45. The molecule has 0 saturated carbocycles. The molecule has 2 N–H and O–H groups in total. The molecule has 0 aliphatic carbocycles. The predicted octanol–water partition coefficient (Wildman–Crippen LogP) is 2.63. The van der Waals surface area contributed by atoms with Crippen LogP contribution in [0.1, 0.15) is 44.9 Å². The summed E-state index contributed by atoms with van der Waals surface area (Å²) in [5, 5.41) is 8.24. The Balaban J connectivity index is 1.82.